The van der Waals surface area contributed by atoms with Gasteiger partial charge in [-0.25, -0.2) is 0 Å². The average Bonchev–Trinajstić information content (AvgIpc) is 2.88. The van der Waals surface area contributed by atoms with Crippen LogP contribution >= 0.6 is 0 Å². The molecule has 0 aliphatic heterocycles. The zero-order chi connectivity index (χ0) is 10.8. The molecule has 0 atom stereocenters. The molecule has 1 fully saturated rings. The highest BCUT2D eigenvalue weighted by atomic mass is 16.1. The van der Waals surface area contributed by atoms with Gasteiger partial charge in [0.1, 0.15) is 0 Å². The average molecular weight is 207 g/mol. The van der Waals surface area contributed by atoms with Crippen molar-refractivity contribution in [3.63, 3.8) is 0 Å². The van der Waals surface area contributed by atoms with E-state index in [1.165, 1.54) is 12.8 Å². The predicted octanol–water partition coefficient (Wildman–Crippen LogP) is 1.60. The number of carbonyl (C=O) groups excluding carboxylic acids is 1. The highest BCUT2D eigenvalue weighted by molar-refractivity contribution is 5.93. The number of hydrogen-bond donors (Lipinski definition) is 1. The van der Waals surface area contributed by atoms with Crippen molar-refractivity contribution in [2.75, 3.05) is 6.54 Å². The van der Waals surface area contributed by atoms with Crippen molar-refractivity contribution in [2.45, 2.75) is 32.7 Å². The summed E-state index contributed by atoms with van der Waals surface area (Å²) in [6, 6.07) is 0.301. The summed E-state index contributed by atoms with van der Waals surface area (Å²) in [5, 5.41) is 7.06. The zero-order valence-corrected chi connectivity index (χ0v) is 9.23. The van der Waals surface area contributed by atoms with Crippen LogP contribution in [0.5, 0.6) is 0 Å². The fourth-order valence-corrected chi connectivity index (χ4v) is 1.40. The van der Waals surface area contributed by atoms with E-state index >= 15 is 0 Å². The SMILES string of the molecule is CC(C)n1cc(C(=O)NCC2CC2)cn1. The highest BCUT2D eigenvalue weighted by Gasteiger charge is 2.22. The largest absolute Gasteiger partial charge is 0.352 e. The molecule has 1 aromatic heterocycles. The van der Waals surface area contributed by atoms with Crippen LogP contribution in [0.4, 0.5) is 0 Å². The minimum absolute atomic E-state index is 0.00574. The molecule has 15 heavy (non-hydrogen) atoms. The minimum Gasteiger partial charge on any atom is -0.352 e. The zero-order valence-electron chi connectivity index (χ0n) is 9.23. The Morgan fingerprint density at radius 3 is 2.93 bits per heavy atom. The van der Waals surface area contributed by atoms with E-state index in [0.717, 1.165) is 6.54 Å². The lowest BCUT2D eigenvalue weighted by Gasteiger charge is -2.03. The summed E-state index contributed by atoms with van der Waals surface area (Å²) >= 11 is 0. The first-order valence-corrected chi connectivity index (χ1v) is 5.49. The van der Waals surface area contributed by atoms with Crippen LogP contribution in [-0.2, 0) is 0 Å². The van der Waals surface area contributed by atoms with Gasteiger partial charge in [-0.3, -0.25) is 9.48 Å². The molecule has 0 spiro atoms. The molecule has 4 nitrogen and oxygen atoms in total. The number of rotatable bonds is 4. The van der Waals surface area contributed by atoms with Gasteiger partial charge in [0.25, 0.3) is 5.91 Å². The normalized spacial score (nSPS) is 15.7. The first-order chi connectivity index (χ1) is 7.16. The fourth-order valence-electron chi connectivity index (χ4n) is 1.40. The van der Waals surface area contributed by atoms with Crippen molar-refractivity contribution in [3.8, 4) is 0 Å². The van der Waals surface area contributed by atoms with Crippen molar-refractivity contribution in [2.24, 2.45) is 5.92 Å². The van der Waals surface area contributed by atoms with Crippen LogP contribution in [0.1, 0.15) is 43.1 Å². The standard InChI is InChI=1S/C11H17N3O/c1-8(2)14-7-10(6-13-14)11(15)12-5-9-3-4-9/h6-9H,3-5H2,1-2H3,(H,12,15). The van der Waals surface area contributed by atoms with E-state index in [1.807, 2.05) is 13.8 Å². The Morgan fingerprint density at radius 1 is 1.67 bits per heavy atom. The van der Waals surface area contributed by atoms with Gasteiger partial charge in [-0.1, -0.05) is 0 Å². The van der Waals surface area contributed by atoms with Gasteiger partial charge in [0.05, 0.1) is 11.8 Å². The number of hydrogen-bond acceptors (Lipinski definition) is 2. The fraction of sp³-hybridized carbons (Fsp3) is 0.636. The Bertz CT molecular complexity index is 352. The molecule has 1 aliphatic carbocycles. The summed E-state index contributed by atoms with van der Waals surface area (Å²) < 4.78 is 1.80. The lowest BCUT2D eigenvalue weighted by atomic mass is 10.3. The minimum atomic E-state index is -0.00574. The quantitative estimate of drug-likeness (QED) is 0.815. The van der Waals surface area contributed by atoms with Gasteiger partial charge in [0.15, 0.2) is 0 Å². The summed E-state index contributed by atoms with van der Waals surface area (Å²) in [4.78, 5) is 11.6. The molecule has 2 rings (SSSR count). The van der Waals surface area contributed by atoms with Crippen LogP contribution in [0.3, 0.4) is 0 Å². The molecule has 1 N–H and O–H groups in total. The third kappa shape index (κ3) is 2.58. The molecule has 0 unspecified atom stereocenters. The highest BCUT2D eigenvalue weighted by Crippen LogP contribution is 2.27. The second-order valence-corrected chi connectivity index (χ2v) is 4.46. The predicted molar refractivity (Wildman–Crippen MR) is 57.7 cm³/mol. The summed E-state index contributed by atoms with van der Waals surface area (Å²) in [5.41, 5.74) is 0.657. The van der Waals surface area contributed by atoms with Gasteiger partial charge in [-0.05, 0) is 32.6 Å². The third-order valence-corrected chi connectivity index (χ3v) is 2.64. The molecule has 1 aromatic rings. The van der Waals surface area contributed by atoms with E-state index in [1.54, 1.807) is 17.1 Å². The molecule has 1 heterocycles. The number of nitrogens with zero attached hydrogens (tertiary/aromatic N) is 2. The molecule has 82 valence electrons. The maximum Gasteiger partial charge on any atom is 0.254 e. The molecule has 4 heteroatoms. The molecular formula is C11H17N3O. The van der Waals surface area contributed by atoms with Gasteiger partial charge >= 0.3 is 0 Å². The molecule has 0 radical (unpaired) electrons. The van der Waals surface area contributed by atoms with Gasteiger partial charge in [0, 0.05) is 18.8 Å². The van der Waals surface area contributed by atoms with Crippen LogP contribution < -0.4 is 5.32 Å². The maximum atomic E-state index is 11.6. The van der Waals surface area contributed by atoms with E-state index < -0.39 is 0 Å². The topological polar surface area (TPSA) is 46.9 Å². The summed E-state index contributed by atoms with van der Waals surface area (Å²) in [5.74, 6) is 0.711. The maximum absolute atomic E-state index is 11.6. The van der Waals surface area contributed by atoms with Crippen LogP contribution in [0.15, 0.2) is 12.4 Å². The molecule has 1 saturated carbocycles. The molecule has 0 aromatic carbocycles. The van der Waals surface area contributed by atoms with Gasteiger partial charge in [-0.2, -0.15) is 5.10 Å². The van der Waals surface area contributed by atoms with E-state index in [9.17, 15) is 4.79 Å². The first-order valence-electron chi connectivity index (χ1n) is 5.49. The molecular weight excluding hydrogens is 190 g/mol. The van der Waals surface area contributed by atoms with Crippen LogP contribution in [0.25, 0.3) is 0 Å². The van der Waals surface area contributed by atoms with Gasteiger partial charge < -0.3 is 5.32 Å². The smallest absolute Gasteiger partial charge is 0.254 e. The van der Waals surface area contributed by atoms with E-state index in [0.29, 0.717) is 17.5 Å². The Hall–Kier alpha value is -1.32. The summed E-state index contributed by atoms with van der Waals surface area (Å²) in [6.45, 7) is 4.89. The Balaban J connectivity index is 1.92. The van der Waals surface area contributed by atoms with E-state index in [2.05, 4.69) is 10.4 Å². The van der Waals surface area contributed by atoms with Crippen molar-refractivity contribution in [1.29, 1.82) is 0 Å². The third-order valence-electron chi connectivity index (χ3n) is 2.64. The van der Waals surface area contributed by atoms with E-state index in [-0.39, 0.29) is 5.91 Å². The Kier molecular flexibility index (Phi) is 2.75. The molecule has 0 bridgehead atoms. The molecule has 0 saturated heterocycles. The lowest BCUT2D eigenvalue weighted by molar-refractivity contribution is 0.0951. The summed E-state index contributed by atoms with van der Waals surface area (Å²) in [7, 11) is 0. The molecule has 1 amide bonds. The lowest BCUT2D eigenvalue weighted by Crippen LogP contribution is -2.25. The number of aromatic nitrogens is 2. The van der Waals surface area contributed by atoms with Gasteiger partial charge in [-0.15, -0.1) is 0 Å². The van der Waals surface area contributed by atoms with Crippen LogP contribution in [-0.4, -0.2) is 22.2 Å². The van der Waals surface area contributed by atoms with Crippen LogP contribution in [0, 0.1) is 5.92 Å². The van der Waals surface area contributed by atoms with E-state index in [4.69, 9.17) is 0 Å². The first kappa shape index (κ1) is 10.2. The Morgan fingerprint density at radius 2 is 2.40 bits per heavy atom. The van der Waals surface area contributed by atoms with Crippen molar-refractivity contribution >= 4 is 5.91 Å². The molecule has 1 aliphatic rings. The second kappa shape index (κ2) is 4.04. The summed E-state index contributed by atoms with van der Waals surface area (Å²) in [6.07, 6.45) is 5.94. The van der Waals surface area contributed by atoms with Gasteiger partial charge in [0.2, 0.25) is 0 Å². The number of nitrogens with one attached hydrogen (secondary N) is 1. The number of amides is 1. The van der Waals surface area contributed by atoms with Crippen molar-refractivity contribution in [1.82, 2.24) is 15.1 Å². The van der Waals surface area contributed by atoms with Crippen molar-refractivity contribution in [3.05, 3.63) is 18.0 Å². The number of carbonyl (C=O) groups is 1. The second-order valence-electron chi connectivity index (χ2n) is 4.46. The van der Waals surface area contributed by atoms with Crippen LogP contribution in [0.2, 0.25) is 0 Å². The monoisotopic (exact) mass is 207 g/mol. The van der Waals surface area contributed by atoms with Crippen molar-refractivity contribution < 1.29 is 4.79 Å². The Labute approximate surface area is 89.7 Å².